The quantitative estimate of drug-likeness (QED) is 0.296. The molecule has 1 aliphatic heterocycles. The lowest BCUT2D eigenvalue weighted by Gasteiger charge is -2.08. The number of nitrogens with zero attached hydrogens (tertiary/aromatic N) is 6. The Hall–Kier alpha value is -4.23. The number of ether oxygens (including phenoxy) is 2. The van der Waals surface area contributed by atoms with E-state index in [1.807, 2.05) is 24.3 Å². The zero-order valence-electron chi connectivity index (χ0n) is 20.9. The molecule has 0 saturated heterocycles. The fraction of sp³-hybridized carbons (Fsp3) is 0.240. The van der Waals surface area contributed by atoms with Crippen molar-refractivity contribution in [1.29, 1.82) is 0 Å². The smallest absolute Gasteiger partial charge is 0.332 e. The van der Waals surface area contributed by atoms with Crippen LogP contribution in [-0.2, 0) is 32.0 Å². The second kappa shape index (κ2) is 9.82. The number of fused-ring (bicyclic) bond motifs is 4. The first-order valence-corrected chi connectivity index (χ1v) is 13.2. The Morgan fingerprint density at radius 1 is 1.03 bits per heavy atom. The number of aromatic nitrogens is 6. The van der Waals surface area contributed by atoms with Gasteiger partial charge in [-0.1, -0.05) is 41.6 Å². The number of benzene rings is 2. The number of nitrogens with one attached hydrogen (secondary N) is 1. The standard InChI is InChI=1S/C25H22ClN7O5S/c1-30-21-20(22(35)31(2)25(30)36)32(11-14-3-6-16(26)7-4-14)23-28-29-24(33(21)23)39-12-19(34)27-10-15-5-8-17-18(9-15)38-13-37-17/h3-9H,10-13H2,1-2H3,(H,27,34). The zero-order valence-corrected chi connectivity index (χ0v) is 22.5. The fourth-order valence-corrected chi connectivity index (χ4v) is 5.36. The molecule has 0 unspecified atom stereocenters. The molecular weight excluding hydrogens is 546 g/mol. The predicted molar refractivity (Wildman–Crippen MR) is 145 cm³/mol. The SMILES string of the molecule is Cn1c(=O)c2c(n(C)c1=O)n1c(SCC(=O)NCc3ccc4c(c3)OCO4)nnc1n2Cc1ccc(Cl)cc1. The molecule has 1 amide bonds. The molecule has 0 saturated carbocycles. The van der Waals surface area contributed by atoms with Crippen molar-refractivity contribution in [1.82, 2.24) is 33.6 Å². The lowest BCUT2D eigenvalue weighted by atomic mass is 10.2. The maximum absolute atomic E-state index is 13.3. The molecule has 6 rings (SSSR count). The van der Waals surface area contributed by atoms with Crippen LogP contribution in [0.25, 0.3) is 16.9 Å². The molecule has 0 fully saturated rings. The van der Waals surface area contributed by atoms with Crippen molar-refractivity contribution in [2.75, 3.05) is 12.5 Å². The van der Waals surface area contributed by atoms with E-state index in [0.29, 0.717) is 51.7 Å². The topological polar surface area (TPSA) is 127 Å². The van der Waals surface area contributed by atoms with Crippen LogP contribution >= 0.6 is 23.4 Å². The molecule has 14 heteroatoms. The van der Waals surface area contributed by atoms with Crippen molar-refractivity contribution in [3.63, 3.8) is 0 Å². The van der Waals surface area contributed by atoms with Gasteiger partial charge in [-0.2, -0.15) is 0 Å². The number of rotatable bonds is 7. The van der Waals surface area contributed by atoms with E-state index in [2.05, 4.69) is 15.5 Å². The highest BCUT2D eigenvalue weighted by Crippen LogP contribution is 2.32. The summed E-state index contributed by atoms with van der Waals surface area (Å²) in [5.41, 5.74) is 1.47. The first kappa shape index (κ1) is 25.1. The number of thioether (sulfide) groups is 1. The summed E-state index contributed by atoms with van der Waals surface area (Å²) in [4.78, 5) is 38.7. The molecule has 1 N–H and O–H groups in total. The molecular formula is C25H22ClN7O5S. The second-order valence-corrected chi connectivity index (χ2v) is 10.3. The van der Waals surface area contributed by atoms with Gasteiger partial charge in [0.15, 0.2) is 27.8 Å². The van der Waals surface area contributed by atoms with E-state index in [9.17, 15) is 14.4 Å². The van der Waals surface area contributed by atoms with Gasteiger partial charge < -0.3 is 14.8 Å². The zero-order chi connectivity index (χ0) is 27.3. The molecule has 0 aliphatic carbocycles. The summed E-state index contributed by atoms with van der Waals surface area (Å²) in [5.74, 6) is 1.53. The highest BCUT2D eigenvalue weighted by atomic mass is 35.5. The molecule has 1 aliphatic rings. The largest absolute Gasteiger partial charge is 0.454 e. The summed E-state index contributed by atoms with van der Waals surface area (Å²) < 4.78 is 16.5. The van der Waals surface area contributed by atoms with Crippen LogP contribution in [0.5, 0.6) is 11.5 Å². The van der Waals surface area contributed by atoms with Crippen molar-refractivity contribution in [3.05, 3.63) is 79.5 Å². The third-order valence-electron chi connectivity index (χ3n) is 6.46. The highest BCUT2D eigenvalue weighted by molar-refractivity contribution is 7.99. The predicted octanol–water partition coefficient (Wildman–Crippen LogP) is 1.92. The van der Waals surface area contributed by atoms with Gasteiger partial charge in [-0.3, -0.25) is 23.3 Å². The molecule has 0 radical (unpaired) electrons. The number of hydrogen-bond donors (Lipinski definition) is 1. The summed E-state index contributed by atoms with van der Waals surface area (Å²) in [7, 11) is 3.02. The molecule has 200 valence electrons. The maximum atomic E-state index is 13.3. The van der Waals surface area contributed by atoms with Crippen LogP contribution in [0, 0.1) is 0 Å². The van der Waals surface area contributed by atoms with Crippen LogP contribution in [-0.4, -0.2) is 46.8 Å². The minimum Gasteiger partial charge on any atom is -0.454 e. The molecule has 12 nitrogen and oxygen atoms in total. The maximum Gasteiger partial charge on any atom is 0.332 e. The fourth-order valence-electron chi connectivity index (χ4n) is 4.48. The summed E-state index contributed by atoms with van der Waals surface area (Å²) in [5, 5.41) is 12.5. The number of imidazole rings is 1. The normalized spacial score (nSPS) is 12.5. The van der Waals surface area contributed by atoms with Gasteiger partial charge in [0.1, 0.15) is 0 Å². The van der Waals surface area contributed by atoms with Crippen molar-refractivity contribution < 1.29 is 14.3 Å². The lowest BCUT2D eigenvalue weighted by Crippen LogP contribution is -2.37. The van der Waals surface area contributed by atoms with Gasteiger partial charge in [-0.15, -0.1) is 10.2 Å². The first-order chi connectivity index (χ1) is 18.8. The van der Waals surface area contributed by atoms with E-state index in [4.69, 9.17) is 21.1 Å². The second-order valence-electron chi connectivity index (χ2n) is 8.96. The molecule has 0 atom stereocenters. The Morgan fingerprint density at radius 3 is 2.56 bits per heavy atom. The van der Waals surface area contributed by atoms with E-state index in [1.54, 1.807) is 34.2 Å². The van der Waals surface area contributed by atoms with Crippen LogP contribution in [0.4, 0.5) is 0 Å². The van der Waals surface area contributed by atoms with Crippen molar-refractivity contribution >= 4 is 46.2 Å². The number of hydrogen-bond acceptors (Lipinski definition) is 8. The first-order valence-electron chi connectivity index (χ1n) is 11.9. The van der Waals surface area contributed by atoms with Crippen molar-refractivity contribution in [3.8, 4) is 11.5 Å². The van der Waals surface area contributed by atoms with E-state index in [0.717, 1.165) is 27.5 Å². The van der Waals surface area contributed by atoms with Crippen LogP contribution in [0.1, 0.15) is 11.1 Å². The van der Waals surface area contributed by atoms with Crippen molar-refractivity contribution in [2.45, 2.75) is 18.2 Å². The minimum atomic E-state index is -0.482. The van der Waals surface area contributed by atoms with E-state index in [-0.39, 0.29) is 18.5 Å². The van der Waals surface area contributed by atoms with E-state index >= 15 is 0 Å². The molecule has 0 spiro atoms. The summed E-state index contributed by atoms with van der Waals surface area (Å²) in [6.07, 6.45) is 0. The third-order valence-corrected chi connectivity index (χ3v) is 7.64. The Kier molecular flexibility index (Phi) is 6.31. The van der Waals surface area contributed by atoms with Crippen LogP contribution in [0.3, 0.4) is 0 Å². The van der Waals surface area contributed by atoms with Gasteiger partial charge >= 0.3 is 5.69 Å². The van der Waals surface area contributed by atoms with Gasteiger partial charge in [0.25, 0.3) is 5.56 Å². The van der Waals surface area contributed by atoms with Crippen molar-refractivity contribution in [2.24, 2.45) is 14.1 Å². The molecule has 0 bridgehead atoms. The summed E-state index contributed by atoms with van der Waals surface area (Å²) in [6.45, 7) is 0.801. The molecule has 2 aromatic carbocycles. The third kappa shape index (κ3) is 4.42. The lowest BCUT2D eigenvalue weighted by molar-refractivity contribution is -0.118. The Labute approximate surface area is 229 Å². The molecule has 39 heavy (non-hydrogen) atoms. The minimum absolute atomic E-state index is 0.0496. The average molecular weight is 568 g/mol. The number of carbonyl (C=O) groups excluding carboxylic acids is 1. The van der Waals surface area contributed by atoms with E-state index in [1.165, 1.54) is 11.6 Å². The number of aryl methyl sites for hydroxylation is 1. The number of amides is 1. The van der Waals surface area contributed by atoms with Gasteiger partial charge in [0.2, 0.25) is 18.5 Å². The summed E-state index contributed by atoms with van der Waals surface area (Å²) >= 11 is 7.20. The van der Waals surface area contributed by atoms with Gasteiger partial charge in [0.05, 0.1) is 12.3 Å². The molecule has 4 heterocycles. The average Bonchev–Trinajstić information content (AvgIpc) is 3.65. The monoisotopic (exact) mass is 567 g/mol. The van der Waals surface area contributed by atoms with Crippen LogP contribution in [0.2, 0.25) is 5.02 Å². The Bertz CT molecular complexity index is 1870. The Balaban J connectivity index is 1.30. The molecule has 3 aromatic heterocycles. The highest BCUT2D eigenvalue weighted by Gasteiger charge is 2.24. The van der Waals surface area contributed by atoms with Gasteiger partial charge in [-0.25, -0.2) is 9.20 Å². The number of carbonyl (C=O) groups is 1. The van der Waals surface area contributed by atoms with Gasteiger partial charge in [0, 0.05) is 25.7 Å². The summed E-state index contributed by atoms with van der Waals surface area (Å²) in [6, 6.07) is 12.7. The number of halogens is 1. The van der Waals surface area contributed by atoms with Gasteiger partial charge in [-0.05, 0) is 35.4 Å². The Morgan fingerprint density at radius 2 is 1.77 bits per heavy atom. The van der Waals surface area contributed by atoms with Crippen LogP contribution in [0.15, 0.2) is 57.2 Å². The van der Waals surface area contributed by atoms with Crippen LogP contribution < -0.4 is 26.0 Å². The molecule has 5 aromatic rings. The van der Waals surface area contributed by atoms with E-state index < -0.39 is 11.2 Å².